The van der Waals surface area contributed by atoms with Crippen LogP contribution in [-0.2, 0) is 30.2 Å². The summed E-state index contributed by atoms with van der Waals surface area (Å²) >= 11 is 0. The van der Waals surface area contributed by atoms with Gasteiger partial charge in [0.05, 0.1) is 32.0 Å². The Morgan fingerprint density at radius 3 is 2.20 bits per heavy atom. The Bertz CT molecular complexity index is 1160. The molecule has 1 heterocycles. The summed E-state index contributed by atoms with van der Waals surface area (Å²) in [7, 11) is 1.31. The predicted octanol–water partition coefficient (Wildman–Crippen LogP) is 4.27. The monoisotopic (exact) mass is 571 g/mol. The molecule has 0 saturated heterocycles. The van der Waals surface area contributed by atoms with Crippen LogP contribution in [0.1, 0.15) is 80.5 Å². The maximum atomic E-state index is 13.0. The van der Waals surface area contributed by atoms with Gasteiger partial charge in [0.15, 0.2) is 11.5 Å². The van der Waals surface area contributed by atoms with Crippen molar-refractivity contribution in [2.75, 3.05) is 26.9 Å². The largest absolute Gasteiger partial charge is 0.465 e. The molecule has 1 aliphatic heterocycles. The Hall–Kier alpha value is -3.63. The summed E-state index contributed by atoms with van der Waals surface area (Å²) in [5.74, 6) is -4.19. The van der Waals surface area contributed by atoms with Crippen molar-refractivity contribution >= 4 is 17.9 Å². The molecule has 0 saturated carbocycles. The van der Waals surface area contributed by atoms with Gasteiger partial charge < -0.3 is 34.1 Å². The van der Waals surface area contributed by atoms with E-state index >= 15 is 0 Å². The van der Waals surface area contributed by atoms with E-state index in [1.807, 2.05) is 26.8 Å². The van der Waals surface area contributed by atoms with Gasteiger partial charge in [-0.3, -0.25) is 0 Å². The number of aliphatic hydroxyl groups is 1. The number of carbonyl (C=O) groups is 3. The third-order valence-electron chi connectivity index (χ3n) is 6.78. The molecule has 3 rings (SSSR count). The number of fused-ring (bicyclic) bond motifs is 1. The summed E-state index contributed by atoms with van der Waals surface area (Å²) in [6.45, 7) is 6.49. The molecule has 0 fully saturated rings. The average molecular weight is 572 g/mol. The molecule has 2 N–H and O–H groups in total. The number of ether oxygens (including phenoxy) is 5. The molecule has 1 aliphatic rings. The highest BCUT2D eigenvalue weighted by Gasteiger charge is 2.59. The molecule has 10 nitrogen and oxygen atoms in total. The fourth-order valence-corrected chi connectivity index (χ4v) is 4.26. The van der Waals surface area contributed by atoms with Gasteiger partial charge in [-0.2, -0.15) is 0 Å². The molecule has 2 aromatic carbocycles. The Labute approximate surface area is 241 Å². The first kappa shape index (κ1) is 31.9. The lowest BCUT2D eigenvalue weighted by Crippen LogP contribution is -2.56. The van der Waals surface area contributed by atoms with Gasteiger partial charge in [0, 0.05) is 12.6 Å². The van der Waals surface area contributed by atoms with Crippen LogP contribution in [0.5, 0.6) is 11.5 Å². The maximum Gasteiger partial charge on any atom is 0.453 e. The molecule has 2 unspecified atom stereocenters. The van der Waals surface area contributed by atoms with Crippen molar-refractivity contribution < 1.29 is 43.2 Å². The normalized spacial score (nSPS) is 14.7. The van der Waals surface area contributed by atoms with E-state index in [-0.39, 0.29) is 37.3 Å². The summed E-state index contributed by atoms with van der Waals surface area (Å²) in [5.41, 5.74) is 1.85. The average Bonchev–Trinajstić information content (AvgIpc) is 3.39. The van der Waals surface area contributed by atoms with Gasteiger partial charge in [-0.05, 0) is 61.1 Å². The topological polar surface area (TPSA) is 130 Å². The first-order valence-corrected chi connectivity index (χ1v) is 14.2. The first-order valence-electron chi connectivity index (χ1n) is 14.2. The second kappa shape index (κ2) is 15.4. The summed E-state index contributed by atoms with van der Waals surface area (Å²) in [4.78, 5) is 37.8. The molecule has 0 aromatic heterocycles. The molecule has 0 bridgehead atoms. The zero-order valence-electron chi connectivity index (χ0n) is 24.3. The van der Waals surface area contributed by atoms with Gasteiger partial charge in [0.25, 0.3) is 0 Å². The van der Waals surface area contributed by atoms with Crippen LogP contribution in [0.4, 0.5) is 0 Å². The zero-order valence-corrected chi connectivity index (χ0v) is 24.3. The predicted molar refractivity (Wildman–Crippen MR) is 151 cm³/mol. The second-order valence-electron chi connectivity index (χ2n) is 9.93. The van der Waals surface area contributed by atoms with E-state index in [1.165, 1.54) is 7.11 Å². The van der Waals surface area contributed by atoms with Crippen molar-refractivity contribution in [3.05, 3.63) is 59.2 Å². The fraction of sp³-hybridized carbons (Fsp3) is 0.516. The lowest BCUT2D eigenvalue weighted by Gasteiger charge is -2.23. The van der Waals surface area contributed by atoms with E-state index in [9.17, 15) is 19.5 Å². The number of carbonyl (C=O) groups excluding carboxylic acids is 3. The number of methoxy groups -OCH3 is 1. The highest BCUT2D eigenvalue weighted by molar-refractivity contribution is 6.03. The van der Waals surface area contributed by atoms with Crippen molar-refractivity contribution in [3.63, 3.8) is 0 Å². The SMILES string of the molecule is CCCCOC(=O)C1(C(=O)OCCCC)Oc2ccc(CC(CC)NCC(O)c3cccc(C(=O)OC)c3)cc2O1. The van der Waals surface area contributed by atoms with Gasteiger partial charge in [-0.15, -0.1) is 0 Å². The number of benzene rings is 2. The van der Waals surface area contributed by atoms with Crippen LogP contribution in [0.25, 0.3) is 0 Å². The quantitative estimate of drug-likeness (QED) is 0.130. The van der Waals surface area contributed by atoms with Crippen LogP contribution < -0.4 is 14.8 Å². The van der Waals surface area contributed by atoms with Gasteiger partial charge in [0.2, 0.25) is 0 Å². The molecule has 2 atom stereocenters. The molecule has 0 spiro atoms. The molecule has 224 valence electrons. The van der Waals surface area contributed by atoms with Crippen molar-refractivity contribution in [1.29, 1.82) is 0 Å². The van der Waals surface area contributed by atoms with Gasteiger partial charge in [0.1, 0.15) is 0 Å². The number of unbranched alkanes of at least 4 members (excludes halogenated alkanes) is 2. The third-order valence-corrected chi connectivity index (χ3v) is 6.78. The minimum atomic E-state index is -2.34. The molecule has 10 heteroatoms. The smallest absolute Gasteiger partial charge is 0.453 e. The van der Waals surface area contributed by atoms with E-state index in [0.29, 0.717) is 30.4 Å². The highest BCUT2D eigenvalue weighted by atomic mass is 16.8. The van der Waals surface area contributed by atoms with Crippen molar-refractivity contribution in [1.82, 2.24) is 5.32 Å². The molecule has 41 heavy (non-hydrogen) atoms. The Morgan fingerprint density at radius 1 is 0.927 bits per heavy atom. The van der Waals surface area contributed by atoms with Crippen molar-refractivity contribution in [3.8, 4) is 11.5 Å². The van der Waals surface area contributed by atoms with Crippen LogP contribution in [0.3, 0.4) is 0 Å². The Balaban J connectivity index is 1.68. The summed E-state index contributed by atoms with van der Waals surface area (Å²) in [5, 5.41) is 14.1. The maximum absolute atomic E-state index is 13.0. The lowest BCUT2D eigenvalue weighted by molar-refractivity contribution is -0.202. The van der Waals surface area contributed by atoms with Crippen LogP contribution in [0.2, 0.25) is 0 Å². The minimum absolute atomic E-state index is 0.00316. The van der Waals surface area contributed by atoms with E-state index < -0.39 is 29.8 Å². The molecule has 0 radical (unpaired) electrons. The summed E-state index contributed by atoms with van der Waals surface area (Å²) < 4.78 is 27.0. The highest BCUT2D eigenvalue weighted by Crippen LogP contribution is 2.41. The standard InChI is InChI=1S/C31H41NO9/c1-5-8-15-38-29(35)31(30(36)39-16-9-6-2)40-26-14-13-21(18-27(26)41-31)17-24(7-3)32-20-25(33)22-11-10-12-23(19-22)28(34)37-4/h10-14,18-19,24-25,32-33H,5-9,15-17,20H2,1-4H3. The zero-order chi connectivity index (χ0) is 29.8. The van der Waals surface area contributed by atoms with E-state index in [0.717, 1.165) is 24.8 Å². The van der Waals surface area contributed by atoms with Crippen LogP contribution in [-0.4, -0.2) is 61.7 Å². The molecule has 2 aromatic rings. The molecular formula is C31H41NO9. The van der Waals surface area contributed by atoms with Gasteiger partial charge in [-0.1, -0.05) is 51.8 Å². The minimum Gasteiger partial charge on any atom is -0.465 e. The number of nitrogens with one attached hydrogen (secondary N) is 1. The summed E-state index contributed by atoms with van der Waals surface area (Å²) in [6.07, 6.45) is 3.42. The number of hydrogen-bond acceptors (Lipinski definition) is 10. The molecule has 0 amide bonds. The van der Waals surface area contributed by atoms with Crippen LogP contribution >= 0.6 is 0 Å². The Morgan fingerprint density at radius 2 is 1.59 bits per heavy atom. The van der Waals surface area contributed by atoms with Gasteiger partial charge in [-0.25, -0.2) is 14.4 Å². The van der Waals surface area contributed by atoms with Crippen LogP contribution in [0, 0.1) is 0 Å². The number of hydrogen-bond donors (Lipinski definition) is 2. The molecule has 0 aliphatic carbocycles. The molecular weight excluding hydrogens is 530 g/mol. The van der Waals surface area contributed by atoms with Crippen molar-refractivity contribution in [2.24, 2.45) is 0 Å². The first-order chi connectivity index (χ1) is 19.8. The van der Waals surface area contributed by atoms with Crippen LogP contribution in [0.15, 0.2) is 42.5 Å². The lowest BCUT2D eigenvalue weighted by atomic mass is 10.0. The second-order valence-corrected chi connectivity index (χ2v) is 9.93. The van der Waals surface area contributed by atoms with Gasteiger partial charge >= 0.3 is 23.7 Å². The number of esters is 3. The van der Waals surface area contributed by atoms with Crippen molar-refractivity contribution in [2.45, 2.75) is 77.2 Å². The van der Waals surface area contributed by atoms with E-state index in [1.54, 1.807) is 36.4 Å². The third kappa shape index (κ3) is 8.20. The number of rotatable bonds is 16. The van der Waals surface area contributed by atoms with E-state index in [4.69, 9.17) is 23.7 Å². The van der Waals surface area contributed by atoms with E-state index in [2.05, 4.69) is 5.32 Å². The fourth-order valence-electron chi connectivity index (χ4n) is 4.26. The Kier molecular flexibility index (Phi) is 12.0. The number of aliphatic hydroxyl groups excluding tert-OH is 1. The summed E-state index contributed by atoms with van der Waals surface area (Å²) in [6, 6.07) is 11.9.